The number of aliphatic hydroxyl groups is 4. The topological polar surface area (TPSA) is 356 Å². The molecule has 0 aromatic carbocycles. The van der Waals surface area contributed by atoms with Gasteiger partial charge < -0.3 is 49.3 Å². The first kappa shape index (κ1) is 44.3. The molecule has 28 heteroatoms. The van der Waals surface area contributed by atoms with Crippen molar-refractivity contribution in [2.45, 2.75) is 101 Å². The summed E-state index contributed by atoms with van der Waals surface area (Å²) in [6.45, 7) is 0.314. The van der Waals surface area contributed by atoms with Gasteiger partial charge in [-0.1, -0.05) is 45.4 Å². The van der Waals surface area contributed by atoms with Gasteiger partial charge in [-0.05, 0) is 6.42 Å². The summed E-state index contributed by atoms with van der Waals surface area (Å²) in [6, 6.07) is 0.914. The molecule has 25 nitrogen and oxygen atoms in total. The van der Waals surface area contributed by atoms with Gasteiger partial charge in [-0.15, -0.1) is 0 Å². The number of ether oxygens (including phenoxy) is 3. The third-order valence-corrected chi connectivity index (χ3v) is 12.9. The maximum atomic E-state index is 12.6. The number of aromatic nitrogens is 6. The van der Waals surface area contributed by atoms with Crippen LogP contribution in [0.1, 0.15) is 64.3 Å². The predicted octanol–water partition coefficient (Wildman–Crippen LogP) is 0.112. The number of aromatic amines is 1. The van der Waals surface area contributed by atoms with Gasteiger partial charge in [0.05, 0.1) is 19.8 Å². The quantitative estimate of drug-likeness (QED) is 0.0520. The lowest BCUT2D eigenvalue weighted by Crippen LogP contribution is -2.37. The van der Waals surface area contributed by atoms with Crippen LogP contribution in [0, 0.1) is 0 Å². The van der Waals surface area contributed by atoms with Gasteiger partial charge in [0.1, 0.15) is 49.3 Å². The molecular formula is C28H43N6O19P3. The normalized spacial score (nSPS) is 28.6. The van der Waals surface area contributed by atoms with Gasteiger partial charge in [-0.3, -0.25) is 28.0 Å². The van der Waals surface area contributed by atoms with Crippen LogP contribution in [0.25, 0.3) is 11.2 Å². The monoisotopic (exact) mass is 860 g/mol. The number of fused-ring (bicyclic) bond motifs is 1. The molecule has 0 radical (unpaired) electrons. The van der Waals surface area contributed by atoms with Crippen molar-refractivity contribution in [3.63, 3.8) is 0 Å². The van der Waals surface area contributed by atoms with Gasteiger partial charge in [0, 0.05) is 12.3 Å². The highest BCUT2D eigenvalue weighted by Gasteiger charge is 2.49. The molecule has 0 spiro atoms. The Balaban J connectivity index is 1.13. The van der Waals surface area contributed by atoms with Crippen molar-refractivity contribution in [2.24, 2.45) is 0 Å². The van der Waals surface area contributed by atoms with Crippen LogP contribution in [0.3, 0.4) is 0 Å². The molecule has 2 aliphatic heterocycles. The molecule has 5 rings (SSSR count). The van der Waals surface area contributed by atoms with Crippen LogP contribution in [0.15, 0.2) is 34.5 Å². The molecule has 0 aliphatic carbocycles. The summed E-state index contributed by atoms with van der Waals surface area (Å²) < 4.78 is 73.6. The number of phosphoric ester groups is 2. The number of nitrogens with one attached hydrogen (secondary N) is 1. The molecular weight excluding hydrogens is 817 g/mol. The minimum Gasteiger partial charge on any atom is -0.476 e. The number of nitrogens with zero attached hydrogens (tertiary/aromatic N) is 5. The lowest BCUT2D eigenvalue weighted by Gasteiger charge is -2.21. The molecule has 0 saturated carbocycles. The Morgan fingerprint density at radius 3 is 1.88 bits per heavy atom. The minimum absolute atomic E-state index is 0.122. The summed E-state index contributed by atoms with van der Waals surface area (Å²) in [6.07, 6.45) is -2.53. The van der Waals surface area contributed by atoms with Crippen molar-refractivity contribution in [2.75, 3.05) is 19.8 Å². The zero-order valence-corrected chi connectivity index (χ0v) is 32.3. The summed E-state index contributed by atoms with van der Waals surface area (Å²) in [5.74, 6) is 0.122. The molecule has 56 heavy (non-hydrogen) atoms. The van der Waals surface area contributed by atoms with Gasteiger partial charge in [0.2, 0.25) is 5.88 Å². The number of hydrogen-bond acceptors (Lipinski definition) is 19. The smallest absolute Gasteiger partial charge is 0.476 e. The third-order valence-electron chi connectivity index (χ3n) is 8.61. The van der Waals surface area contributed by atoms with Crippen LogP contribution in [0.5, 0.6) is 5.88 Å². The molecule has 0 bridgehead atoms. The van der Waals surface area contributed by atoms with Crippen molar-refractivity contribution in [3.05, 3.63) is 45.8 Å². The Morgan fingerprint density at radius 1 is 0.750 bits per heavy atom. The van der Waals surface area contributed by atoms with Crippen molar-refractivity contribution < 1.29 is 80.7 Å². The SMILES string of the molecule is CCCCCCCCCOc1ncnc2ncn(C3OC(COP(=O)(O)OP(=O)(O)OP(=O)(O)OC[C@H]4O[C@H](n5ccc(=O)[nH]c5=O)[C@H](O)[C@@H]4O)C(O)C3O)c12. The van der Waals surface area contributed by atoms with Crippen LogP contribution < -0.4 is 16.0 Å². The first-order valence-corrected chi connectivity index (χ1v) is 21.8. The Labute approximate surface area is 316 Å². The summed E-state index contributed by atoms with van der Waals surface area (Å²) in [7, 11) is -17.3. The second kappa shape index (κ2) is 18.9. The zero-order valence-electron chi connectivity index (χ0n) is 29.6. The highest BCUT2D eigenvalue weighted by Crippen LogP contribution is 2.67. The van der Waals surface area contributed by atoms with E-state index in [0.29, 0.717) is 11.2 Å². The van der Waals surface area contributed by atoms with E-state index in [9.17, 15) is 58.4 Å². The van der Waals surface area contributed by atoms with Crippen molar-refractivity contribution in [3.8, 4) is 5.88 Å². The average Bonchev–Trinajstić information content (AvgIpc) is 3.76. The van der Waals surface area contributed by atoms with Crippen LogP contribution in [0.4, 0.5) is 0 Å². The van der Waals surface area contributed by atoms with E-state index in [0.717, 1.165) is 44.4 Å². The highest BCUT2D eigenvalue weighted by molar-refractivity contribution is 7.66. The Morgan fingerprint density at radius 2 is 1.30 bits per heavy atom. The molecule has 3 aromatic heterocycles. The molecule has 2 saturated heterocycles. The van der Waals surface area contributed by atoms with E-state index in [4.69, 9.17) is 14.2 Å². The molecule has 5 heterocycles. The van der Waals surface area contributed by atoms with E-state index >= 15 is 0 Å². The fourth-order valence-electron chi connectivity index (χ4n) is 5.85. The molecule has 7 unspecified atom stereocenters. The number of aliphatic hydroxyl groups excluding tert-OH is 4. The van der Waals surface area contributed by atoms with Gasteiger partial charge in [-0.2, -0.15) is 13.6 Å². The standard InChI is InChI=1S/C28H43N6O19P3/c1-2-3-4-5-6-7-8-11-47-25-19-24(29-14-30-25)31-15-34(19)27-23(39)21(37)17(51-27)13-49-55(43,44)53-56(45,46)52-54(41,42)48-12-16-20(36)22(38)26(50-16)33-10-9-18(35)32-28(33)40/h9-10,14-17,20-23,26-27,36-39H,2-8,11-13H2,1H3,(H,41,42)(H,43,44)(H,45,46)(H,32,35,40)/t16-,17?,20-,21?,22-,23?,26+,27?/m1/s1. The molecule has 314 valence electrons. The Kier molecular flexibility index (Phi) is 14.9. The van der Waals surface area contributed by atoms with E-state index in [1.807, 2.05) is 4.98 Å². The third kappa shape index (κ3) is 11.2. The molecule has 2 aliphatic rings. The second-order valence-corrected chi connectivity index (χ2v) is 17.4. The summed E-state index contributed by atoms with van der Waals surface area (Å²) >= 11 is 0. The van der Waals surface area contributed by atoms with E-state index in [1.54, 1.807) is 0 Å². The maximum Gasteiger partial charge on any atom is 0.490 e. The second-order valence-electron chi connectivity index (χ2n) is 12.7. The minimum atomic E-state index is -5.99. The predicted molar refractivity (Wildman–Crippen MR) is 186 cm³/mol. The number of unbranched alkanes of at least 4 members (excludes halogenated alkanes) is 6. The lowest BCUT2D eigenvalue weighted by atomic mass is 10.1. The summed E-state index contributed by atoms with van der Waals surface area (Å²) in [5, 5.41) is 42.0. The molecule has 8 N–H and O–H groups in total. The van der Waals surface area contributed by atoms with Crippen LogP contribution in [-0.2, 0) is 40.8 Å². The molecule has 0 amide bonds. The van der Waals surface area contributed by atoms with Crippen LogP contribution in [0.2, 0.25) is 0 Å². The lowest BCUT2D eigenvalue weighted by molar-refractivity contribution is -0.0543. The van der Waals surface area contributed by atoms with Crippen molar-refractivity contribution in [1.82, 2.24) is 29.1 Å². The first-order chi connectivity index (χ1) is 26.4. The average molecular weight is 861 g/mol. The summed E-state index contributed by atoms with van der Waals surface area (Å²) in [5.41, 5.74) is -1.41. The van der Waals surface area contributed by atoms with Crippen LogP contribution >= 0.6 is 23.5 Å². The van der Waals surface area contributed by atoms with Gasteiger partial charge in [0.25, 0.3) is 5.56 Å². The van der Waals surface area contributed by atoms with Crippen molar-refractivity contribution >= 4 is 34.6 Å². The Bertz CT molecular complexity index is 2050. The Hall–Kier alpha value is -2.80. The van der Waals surface area contributed by atoms with Gasteiger partial charge in [0.15, 0.2) is 23.6 Å². The van der Waals surface area contributed by atoms with E-state index in [2.05, 4.69) is 39.5 Å². The van der Waals surface area contributed by atoms with Gasteiger partial charge in [-0.25, -0.2) is 28.5 Å². The number of phosphoric acid groups is 3. The number of H-pyrrole nitrogens is 1. The first-order valence-electron chi connectivity index (χ1n) is 17.3. The van der Waals surface area contributed by atoms with Crippen molar-refractivity contribution in [1.29, 1.82) is 0 Å². The van der Waals surface area contributed by atoms with Gasteiger partial charge >= 0.3 is 29.2 Å². The largest absolute Gasteiger partial charge is 0.490 e. The molecule has 2 fully saturated rings. The number of hydrogen-bond donors (Lipinski definition) is 8. The van der Waals surface area contributed by atoms with E-state index < -0.39 is 97.0 Å². The number of imidazole rings is 1. The fraction of sp³-hybridized carbons (Fsp3) is 0.679. The molecule has 3 aromatic rings. The summed E-state index contributed by atoms with van der Waals surface area (Å²) in [4.78, 5) is 67.7. The number of rotatable bonds is 21. The van der Waals surface area contributed by atoms with E-state index in [-0.39, 0.29) is 17.0 Å². The zero-order chi connectivity index (χ0) is 40.8. The van der Waals surface area contributed by atoms with E-state index in [1.165, 1.54) is 30.1 Å². The fourth-order valence-corrected chi connectivity index (χ4v) is 9.38. The van der Waals surface area contributed by atoms with Crippen LogP contribution in [-0.4, -0.2) is 121 Å². The molecule has 11 atom stereocenters. The highest BCUT2D eigenvalue weighted by atomic mass is 31.3. The maximum absolute atomic E-state index is 12.6.